The van der Waals surface area contributed by atoms with Crippen LogP contribution in [0, 0.1) is 0 Å². The van der Waals surface area contributed by atoms with Crippen LogP contribution < -0.4 is 15.5 Å². The molecular weight excluding hydrogens is 462 g/mol. The van der Waals surface area contributed by atoms with Crippen LogP contribution in [0.4, 0.5) is 11.4 Å². The number of unbranched alkanes of at least 4 members (excludes halogenated alkanes) is 1. The molecule has 0 unspecified atom stereocenters. The zero-order chi connectivity index (χ0) is 27.6. The molecule has 0 saturated carbocycles. The fraction of sp³-hybridized carbons (Fsp3) is 0.429. The van der Waals surface area contributed by atoms with Crippen molar-refractivity contribution in [1.82, 2.24) is 5.32 Å². The van der Waals surface area contributed by atoms with Crippen LogP contribution in [-0.2, 0) is 10.8 Å². The second-order valence-electron chi connectivity index (χ2n) is 11.5. The Morgan fingerprint density at radius 3 is 2.50 bits per heavy atom. The molecule has 0 radical (unpaired) electrons. The third-order valence-electron chi connectivity index (χ3n) is 7.72. The summed E-state index contributed by atoms with van der Waals surface area (Å²) in [5.41, 5.74) is 7.93. The number of hydrogen-bond donors (Lipinski definition) is 2. The molecular formula is C35H49N3. The number of nitrogens with zero attached hydrogens (tertiary/aromatic N) is 1. The van der Waals surface area contributed by atoms with Crippen molar-refractivity contribution >= 4 is 11.4 Å². The molecule has 0 fully saturated rings. The van der Waals surface area contributed by atoms with Gasteiger partial charge in [0.25, 0.3) is 0 Å². The minimum absolute atomic E-state index is 0.0133. The second-order valence-corrected chi connectivity index (χ2v) is 11.5. The number of fused-ring (bicyclic) bond motifs is 1. The molecule has 3 nitrogen and oxygen atoms in total. The lowest BCUT2D eigenvalue weighted by Gasteiger charge is -2.27. The van der Waals surface area contributed by atoms with Gasteiger partial charge in [-0.05, 0) is 66.9 Å². The molecule has 2 aromatic rings. The van der Waals surface area contributed by atoms with E-state index < -0.39 is 0 Å². The van der Waals surface area contributed by atoms with Crippen LogP contribution in [0.1, 0.15) is 77.8 Å². The summed E-state index contributed by atoms with van der Waals surface area (Å²) in [6.45, 7) is 17.6. The Morgan fingerprint density at radius 2 is 1.74 bits per heavy atom. The Morgan fingerprint density at radius 1 is 1.00 bits per heavy atom. The molecule has 0 amide bonds. The van der Waals surface area contributed by atoms with Crippen LogP contribution >= 0.6 is 0 Å². The Bertz CT molecular complexity index is 1150. The highest BCUT2D eigenvalue weighted by Crippen LogP contribution is 2.47. The Balaban J connectivity index is 1.61. The summed E-state index contributed by atoms with van der Waals surface area (Å²) in [4.78, 5) is 2.49. The first-order valence-electron chi connectivity index (χ1n) is 14.3. The van der Waals surface area contributed by atoms with Crippen molar-refractivity contribution < 1.29 is 0 Å². The molecule has 0 spiro atoms. The average Bonchev–Trinajstić information content (AvgIpc) is 3.12. The molecule has 1 aliphatic heterocycles. The van der Waals surface area contributed by atoms with E-state index in [0.717, 1.165) is 50.9 Å². The maximum absolute atomic E-state index is 4.02. The maximum atomic E-state index is 4.02. The van der Waals surface area contributed by atoms with Gasteiger partial charge < -0.3 is 15.5 Å². The second kappa shape index (κ2) is 13.6. The standard InChI is InChI=1S/C35H49N3/c1-8-27-38-32-23-15-13-21-30(32)35(5,6)33(38)24-11-9-10-17-25-34(3,4)29-20-12-14-22-31(29)37-26-18-16-19-28(2)36-7/h9-15,17,20-24,36-37H,2,8,16,18-19,25-27H2,1,3-7H3/b11-9+,17-10+,33-24+. The molecule has 0 atom stereocenters. The summed E-state index contributed by atoms with van der Waals surface area (Å²) in [7, 11) is 1.94. The number of anilines is 2. The van der Waals surface area contributed by atoms with E-state index in [2.05, 4.69) is 136 Å². The summed E-state index contributed by atoms with van der Waals surface area (Å²) < 4.78 is 0. The van der Waals surface area contributed by atoms with Crippen LogP contribution in [-0.4, -0.2) is 20.1 Å². The molecule has 3 rings (SSSR count). The van der Waals surface area contributed by atoms with E-state index in [4.69, 9.17) is 0 Å². The number of hydrogen-bond acceptors (Lipinski definition) is 3. The largest absolute Gasteiger partial charge is 0.392 e. The molecule has 2 aromatic carbocycles. The molecule has 0 bridgehead atoms. The van der Waals surface area contributed by atoms with Crippen LogP contribution in [0.5, 0.6) is 0 Å². The molecule has 38 heavy (non-hydrogen) atoms. The third-order valence-corrected chi connectivity index (χ3v) is 7.72. The van der Waals surface area contributed by atoms with Crippen molar-refractivity contribution in [2.45, 2.75) is 77.6 Å². The molecule has 0 aliphatic carbocycles. The van der Waals surface area contributed by atoms with E-state index >= 15 is 0 Å². The molecule has 204 valence electrons. The fourth-order valence-electron chi connectivity index (χ4n) is 5.41. The minimum Gasteiger partial charge on any atom is -0.392 e. The van der Waals surface area contributed by atoms with Crippen molar-refractivity contribution in [2.24, 2.45) is 0 Å². The van der Waals surface area contributed by atoms with Gasteiger partial charge >= 0.3 is 0 Å². The lowest BCUT2D eigenvalue weighted by Crippen LogP contribution is -2.26. The SMILES string of the molecule is C=C(CCCCNc1ccccc1C(C)(C)C/C=C/C=C/C=C1/N(CCC)c2ccccc2C1(C)C)NC. The smallest absolute Gasteiger partial charge is 0.0450 e. The fourth-order valence-corrected chi connectivity index (χ4v) is 5.41. The predicted molar refractivity (Wildman–Crippen MR) is 168 cm³/mol. The molecule has 1 heterocycles. The first-order valence-corrected chi connectivity index (χ1v) is 14.3. The summed E-state index contributed by atoms with van der Waals surface area (Å²) >= 11 is 0. The van der Waals surface area contributed by atoms with Crippen LogP contribution in [0.15, 0.2) is 96.9 Å². The quantitative estimate of drug-likeness (QED) is 0.196. The molecule has 0 aromatic heterocycles. The lowest BCUT2D eigenvalue weighted by atomic mass is 9.80. The summed E-state index contributed by atoms with van der Waals surface area (Å²) in [5.74, 6) is 0. The Kier molecular flexibility index (Phi) is 10.5. The number of nitrogens with one attached hydrogen (secondary N) is 2. The Hall–Kier alpha value is -3.20. The van der Waals surface area contributed by atoms with Crippen molar-refractivity contribution in [1.29, 1.82) is 0 Å². The highest BCUT2D eigenvalue weighted by molar-refractivity contribution is 5.70. The number of para-hydroxylation sites is 2. The van der Waals surface area contributed by atoms with Gasteiger partial charge in [-0.2, -0.15) is 0 Å². The van der Waals surface area contributed by atoms with Gasteiger partial charge in [0.15, 0.2) is 0 Å². The third kappa shape index (κ3) is 7.22. The van der Waals surface area contributed by atoms with Gasteiger partial charge in [0.1, 0.15) is 0 Å². The lowest BCUT2D eigenvalue weighted by molar-refractivity contribution is 0.535. The monoisotopic (exact) mass is 511 g/mol. The highest BCUT2D eigenvalue weighted by atomic mass is 15.2. The van der Waals surface area contributed by atoms with Gasteiger partial charge in [-0.15, -0.1) is 0 Å². The zero-order valence-electron chi connectivity index (χ0n) is 24.6. The number of benzene rings is 2. The van der Waals surface area contributed by atoms with Gasteiger partial charge in [0.2, 0.25) is 0 Å². The normalized spacial score (nSPS) is 15.9. The highest BCUT2D eigenvalue weighted by Gasteiger charge is 2.38. The van der Waals surface area contributed by atoms with E-state index in [1.54, 1.807) is 0 Å². The molecule has 2 N–H and O–H groups in total. The van der Waals surface area contributed by atoms with Gasteiger partial charge in [0, 0.05) is 48.3 Å². The topological polar surface area (TPSA) is 27.3 Å². The van der Waals surface area contributed by atoms with E-state index in [-0.39, 0.29) is 10.8 Å². The van der Waals surface area contributed by atoms with Crippen molar-refractivity contribution in [3.8, 4) is 0 Å². The average molecular weight is 512 g/mol. The van der Waals surface area contributed by atoms with Crippen molar-refractivity contribution in [3.63, 3.8) is 0 Å². The Labute approximate surface area is 232 Å². The zero-order valence-corrected chi connectivity index (χ0v) is 24.6. The molecule has 1 aliphatic rings. The van der Waals surface area contributed by atoms with E-state index in [1.165, 1.54) is 28.2 Å². The van der Waals surface area contributed by atoms with Gasteiger partial charge in [-0.1, -0.05) is 102 Å². The van der Waals surface area contributed by atoms with Crippen molar-refractivity contribution in [3.05, 3.63) is 108 Å². The summed E-state index contributed by atoms with van der Waals surface area (Å²) in [6.07, 6.45) is 16.6. The predicted octanol–water partition coefficient (Wildman–Crippen LogP) is 8.87. The van der Waals surface area contributed by atoms with E-state index in [9.17, 15) is 0 Å². The van der Waals surface area contributed by atoms with Crippen LogP contribution in [0.25, 0.3) is 0 Å². The molecule has 0 saturated heterocycles. The first-order chi connectivity index (χ1) is 18.2. The number of rotatable bonds is 14. The van der Waals surface area contributed by atoms with Crippen LogP contribution in [0.3, 0.4) is 0 Å². The minimum atomic E-state index is 0.0133. The maximum Gasteiger partial charge on any atom is 0.0450 e. The van der Waals surface area contributed by atoms with Crippen molar-refractivity contribution in [2.75, 3.05) is 30.4 Å². The summed E-state index contributed by atoms with van der Waals surface area (Å²) in [5, 5.41) is 6.81. The van der Waals surface area contributed by atoms with Gasteiger partial charge in [-0.3, -0.25) is 0 Å². The van der Waals surface area contributed by atoms with E-state index in [1.807, 2.05) is 7.05 Å². The van der Waals surface area contributed by atoms with Gasteiger partial charge in [0.05, 0.1) is 0 Å². The van der Waals surface area contributed by atoms with Gasteiger partial charge in [-0.25, -0.2) is 0 Å². The molecule has 3 heteroatoms. The summed E-state index contributed by atoms with van der Waals surface area (Å²) in [6, 6.07) is 17.6. The van der Waals surface area contributed by atoms with Crippen LogP contribution in [0.2, 0.25) is 0 Å². The first kappa shape index (κ1) is 29.4. The number of allylic oxidation sites excluding steroid dienone is 7. The van der Waals surface area contributed by atoms with E-state index in [0.29, 0.717) is 0 Å².